The Morgan fingerprint density at radius 1 is 1.00 bits per heavy atom. The van der Waals surface area contributed by atoms with E-state index in [-0.39, 0.29) is 15.6 Å². The molecule has 156 valence electrons. The van der Waals surface area contributed by atoms with Gasteiger partial charge in [0.15, 0.2) is 0 Å². The summed E-state index contributed by atoms with van der Waals surface area (Å²) in [4.78, 5) is 13.0. The molecule has 1 aromatic heterocycles. The molecule has 30 heavy (non-hydrogen) atoms. The summed E-state index contributed by atoms with van der Waals surface area (Å²) in [5, 5.41) is 0.712. The van der Waals surface area contributed by atoms with Crippen LogP contribution < -0.4 is 15.5 Å². The highest BCUT2D eigenvalue weighted by molar-refractivity contribution is 7.91. The first-order valence-corrected chi connectivity index (χ1v) is 11.4. The van der Waals surface area contributed by atoms with Gasteiger partial charge >= 0.3 is 0 Å². The average molecular weight is 444 g/mol. The number of benzene rings is 2. The number of sulfone groups is 1. The highest BCUT2D eigenvalue weighted by Gasteiger charge is 2.25. The molecule has 2 heterocycles. The average Bonchev–Trinajstić information content (AvgIpc) is 2.76. The van der Waals surface area contributed by atoms with Gasteiger partial charge in [-0.3, -0.25) is 0 Å². The maximum Gasteiger partial charge on any atom is 0.227 e. The van der Waals surface area contributed by atoms with Gasteiger partial charge in [0.25, 0.3) is 0 Å². The molecule has 0 unspecified atom stereocenters. The molecule has 7 nitrogen and oxygen atoms in total. The number of anilines is 3. The molecular formula is C21H22ClN5O2S. The monoisotopic (exact) mass is 443 g/mol. The third-order valence-corrected chi connectivity index (χ3v) is 7.21. The van der Waals surface area contributed by atoms with Crippen LogP contribution in [0.25, 0.3) is 0 Å². The number of hydrogen-bond acceptors (Lipinski definition) is 7. The smallest absolute Gasteiger partial charge is 0.227 e. The van der Waals surface area contributed by atoms with Crippen molar-refractivity contribution in [3.05, 3.63) is 65.3 Å². The lowest BCUT2D eigenvalue weighted by molar-refractivity contribution is 0.595. The van der Waals surface area contributed by atoms with Crippen molar-refractivity contribution in [2.75, 3.05) is 41.7 Å². The van der Waals surface area contributed by atoms with Crippen LogP contribution in [0.2, 0.25) is 5.02 Å². The van der Waals surface area contributed by atoms with Crippen LogP contribution in [0, 0.1) is 6.92 Å². The molecule has 1 fully saturated rings. The molecule has 0 atom stereocenters. The third kappa shape index (κ3) is 3.93. The van der Waals surface area contributed by atoms with Crippen LogP contribution in [0.4, 0.5) is 17.5 Å². The predicted octanol–water partition coefficient (Wildman–Crippen LogP) is 3.18. The van der Waals surface area contributed by atoms with E-state index < -0.39 is 9.84 Å². The zero-order valence-corrected chi connectivity index (χ0v) is 18.1. The number of aryl methyl sites for hydroxylation is 1. The van der Waals surface area contributed by atoms with Crippen LogP contribution in [0.3, 0.4) is 0 Å². The molecule has 0 bridgehead atoms. The van der Waals surface area contributed by atoms with Gasteiger partial charge in [0.2, 0.25) is 15.8 Å². The SMILES string of the molecule is Cc1ccc(Cl)cc1N1CCN(c2ncc(S(=O)(=O)c3ccccc3)c(N)n2)CC1. The Bertz CT molecular complexity index is 1160. The zero-order chi connectivity index (χ0) is 21.3. The molecule has 0 aliphatic carbocycles. The quantitative estimate of drug-likeness (QED) is 0.661. The topological polar surface area (TPSA) is 92.4 Å². The minimum Gasteiger partial charge on any atom is -0.382 e. The lowest BCUT2D eigenvalue weighted by atomic mass is 10.1. The van der Waals surface area contributed by atoms with Crippen molar-refractivity contribution in [1.29, 1.82) is 0 Å². The van der Waals surface area contributed by atoms with Crippen molar-refractivity contribution in [3.63, 3.8) is 0 Å². The lowest BCUT2D eigenvalue weighted by Gasteiger charge is -2.37. The van der Waals surface area contributed by atoms with Gasteiger partial charge in [-0.05, 0) is 36.8 Å². The molecule has 0 saturated carbocycles. The van der Waals surface area contributed by atoms with Gasteiger partial charge in [-0.1, -0.05) is 35.9 Å². The van der Waals surface area contributed by atoms with Crippen molar-refractivity contribution >= 4 is 38.9 Å². The first kappa shape index (κ1) is 20.4. The molecule has 1 aliphatic heterocycles. The Kier molecular flexibility index (Phi) is 5.53. The number of nitrogens with zero attached hydrogens (tertiary/aromatic N) is 4. The Labute approximate surface area is 181 Å². The van der Waals surface area contributed by atoms with Crippen LogP contribution in [-0.4, -0.2) is 44.6 Å². The fraction of sp³-hybridized carbons (Fsp3) is 0.238. The Balaban J connectivity index is 1.51. The first-order valence-electron chi connectivity index (χ1n) is 9.55. The fourth-order valence-corrected chi connectivity index (χ4v) is 4.98. The summed E-state index contributed by atoms with van der Waals surface area (Å²) in [7, 11) is -3.76. The predicted molar refractivity (Wildman–Crippen MR) is 119 cm³/mol. The van der Waals surface area contributed by atoms with Gasteiger partial charge in [0.05, 0.1) is 11.1 Å². The Hall–Kier alpha value is -2.84. The number of hydrogen-bond donors (Lipinski definition) is 1. The minimum absolute atomic E-state index is 0.0445. The summed E-state index contributed by atoms with van der Waals surface area (Å²) in [5.74, 6) is 0.388. The second-order valence-electron chi connectivity index (χ2n) is 7.14. The normalized spacial score (nSPS) is 14.7. The molecule has 1 aliphatic rings. The van der Waals surface area contributed by atoms with E-state index in [0.29, 0.717) is 24.1 Å². The maximum absolute atomic E-state index is 12.8. The van der Waals surface area contributed by atoms with Crippen LogP contribution >= 0.6 is 11.6 Å². The summed E-state index contributed by atoms with van der Waals surface area (Å²) in [6.45, 7) is 4.99. The molecule has 9 heteroatoms. The molecule has 0 radical (unpaired) electrons. The lowest BCUT2D eigenvalue weighted by Crippen LogP contribution is -2.47. The minimum atomic E-state index is -3.76. The zero-order valence-electron chi connectivity index (χ0n) is 16.5. The molecule has 4 rings (SSSR count). The first-order chi connectivity index (χ1) is 14.4. The van der Waals surface area contributed by atoms with E-state index in [9.17, 15) is 8.42 Å². The van der Waals surface area contributed by atoms with Crippen LogP contribution in [0.15, 0.2) is 64.5 Å². The van der Waals surface area contributed by atoms with Crippen molar-refractivity contribution in [2.45, 2.75) is 16.7 Å². The van der Waals surface area contributed by atoms with Crippen LogP contribution in [0.1, 0.15) is 5.56 Å². The second-order valence-corrected chi connectivity index (χ2v) is 9.50. The summed E-state index contributed by atoms with van der Waals surface area (Å²) in [6.07, 6.45) is 1.30. The number of halogens is 1. The summed E-state index contributed by atoms with van der Waals surface area (Å²) in [6, 6.07) is 14.0. The van der Waals surface area contributed by atoms with Crippen molar-refractivity contribution in [3.8, 4) is 0 Å². The van der Waals surface area contributed by atoms with Gasteiger partial charge < -0.3 is 15.5 Å². The number of piperazine rings is 1. The van der Waals surface area contributed by atoms with Gasteiger partial charge in [0, 0.05) is 36.9 Å². The summed E-state index contributed by atoms with van der Waals surface area (Å²) < 4.78 is 25.6. The van der Waals surface area contributed by atoms with E-state index in [1.807, 2.05) is 23.1 Å². The highest BCUT2D eigenvalue weighted by atomic mass is 35.5. The summed E-state index contributed by atoms with van der Waals surface area (Å²) >= 11 is 6.15. The number of nitrogens with two attached hydrogens (primary N) is 1. The standard InChI is InChI=1S/C21H22ClN5O2S/c1-15-7-8-16(22)13-18(15)26-9-11-27(12-10-26)21-24-14-19(20(23)25-21)30(28,29)17-5-3-2-4-6-17/h2-8,13-14H,9-12H2,1H3,(H2,23,24,25). The van der Waals surface area contributed by atoms with Crippen LogP contribution in [-0.2, 0) is 9.84 Å². The van der Waals surface area contributed by atoms with Gasteiger partial charge in [0.1, 0.15) is 10.7 Å². The second kappa shape index (κ2) is 8.12. The Morgan fingerprint density at radius 3 is 2.33 bits per heavy atom. The fourth-order valence-electron chi connectivity index (χ4n) is 3.53. The number of rotatable bonds is 4. The van der Waals surface area contributed by atoms with E-state index in [1.165, 1.54) is 23.9 Å². The molecule has 2 N–H and O–H groups in total. The van der Waals surface area contributed by atoms with Crippen molar-refractivity contribution in [1.82, 2.24) is 9.97 Å². The molecule has 3 aromatic rings. The van der Waals surface area contributed by atoms with E-state index in [0.717, 1.165) is 18.8 Å². The molecule has 0 amide bonds. The number of aromatic nitrogens is 2. The molecule has 0 spiro atoms. The van der Waals surface area contributed by atoms with Gasteiger partial charge in [-0.15, -0.1) is 0 Å². The van der Waals surface area contributed by atoms with Gasteiger partial charge in [-0.25, -0.2) is 13.4 Å². The highest BCUT2D eigenvalue weighted by Crippen LogP contribution is 2.28. The van der Waals surface area contributed by atoms with E-state index in [1.54, 1.807) is 18.2 Å². The van der Waals surface area contributed by atoms with Crippen molar-refractivity contribution < 1.29 is 8.42 Å². The van der Waals surface area contributed by atoms with E-state index in [4.69, 9.17) is 17.3 Å². The van der Waals surface area contributed by atoms with E-state index in [2.05, 4.69) is 21.8 Å². The molecular weight excluding hydrogens is 422 g/mol. The third-order valence-electron chi connectivity index (χ3n) is 5.19. The van der Waals surface area contributed by atoms with Crippen LogP contribution in [0.5, 0.6) is 0 Å². The summed E-state index contributed by atoms with van der Waals surface area (Å²) in [5.41, 5.74) is 8.31. The molecule has 2 aromatic carbocycles. The largest absolute Gasteiger partial charge is 0.382 e. The Morgan fingerprint density at radius 2 is 1.67 bits per heavy atom. The van der Waals surface area contributed by atoms with E-state index >= 15 is 0 Å². The maximum atomic E-state index is 12.8. The molecule has 1 saturated heterocycles. The van der Waals surface area contributed by atoms with Gasteiger partial charge in [-0.2, -0.15) is 4.98 Å². The number of nitrogen functional groups attached to an aromatic ring is 1. The van der Waals surface area contributed by atoms with Crippen molar-refractivity contribution in [2.24, 2.45) is 0 Å².